The van der Waals surface area contributed by atoms with E-state index in [0.29, 0.717) is 17.9 Å². The highest BCUT2D eigenvalue weighted by Gasteiger charge is 2.23. The fourth-order valence-corrected chi connectivity index (χ4v) is 2.72. The summed E-state index contributed by atoms with van der Waals surface area (Å²) in [6.07, 6.45) is 1.74. The average Bonchev–Trinajstić information content (AvgIpc) is 2.02. The number of rotatable bonds is 0. The predicted molar refractivity (Wildman–Crippen MR) is 47.6 cm³/mol. The zero-order valence-electron chi connectivity index (χ0n) is 6.90. The average molecular weight is 199 g/mol. The number of hydrogen-bond donors (Lipinski definition) is 1. The third-order valence-corrected chi connectivity index (χ3v) is 3.63. The van der Waals surface area contributed by atoms with E-state index >= 15 is 0 Å². The molecule has 1 aromatic rings. The Morgan fingerprint density at radius 1 is 1.38 bits per heavy atom. The van der Waals surface area contributed by atoms with Crippen molar-refractivity contribution in [2.24, 2.45) is 0 Å². The van der Waals surface area contributed by atoms with Crippen molar-refractivity contribution in [1.29, 1.82) is 0 Å². The summed E-state index contributed by atoms with van der Waals surface area (Å²) in [5.41, 5.74) is 6.93. The fraction of sp³-hybridized carbons (Fsp3) is 0.429. The molecule has 0 bridgehead atoms. The molecule has 0 aromatic carbocycles. The van der Waals surface area contributed by atoms with Crippen LogP contribution in [0.2, 0.25) is 0 Å². The van der Waals surface area contributed by atoms with Crippen LogP contribution in [0.25, 0.3) is 0 Å². The van der Waals surface area contributed by atoms with E-state index in [4.69, 9.17) is 5.73 Å². The summed E-state index contributed by atoms with van der Waals surface area (Å²) in [5.74, 6) is 0.548. The van der Waals surface area contributed by atoms with Gasteiger partial charge in [0.05, 0.1) is 17.2 Å². The lowest BCUT2D eigenvalue weighted by atomic mass is 10.1. The summed E-state index contributed by atoms with van der Waals surface area (Å²) in [6.45, 7) is 0. The summed E-state index contributed by atoms with van der Waals surface area (Å²) in [6, 6.07) is 0. The molecule has 0 aliphatic carbocycles. The molecule has 2 heterocycles. The molecule has 13 heavy (non-hydrogen) atoms. The number of aromatic nitrogens is 2. The first-order chi connectivity index (χ1) is 6.08. The molecule has 2 N–H and O–H groups in total. The van der Waals surface area contributed by atoms with Gasteiger partial charge in [0.25, 0.3) is 0 Å². The van der Waals surface area contributed by atoms with Crippen LogP contribution in [0, 0.1) is 0 Å². The van der Waals surface area contributed by atoms with Crippen LogP contribution in [0.1, 0.15) is 11.3 Å². The first-order valence-electron chi connectivity index (χ1n) is 3.87. The van der Waals surface area contributed by atoms with Crippen LogP contribution in [0.5, 0.6) is 0 Å². The van der Waals surface area contributed by atoms with Gasteiger partial charge >= 0.3 is 0 Å². The van der Waals surface area contributed by atoms with Crippen molar-refractivity contribution >= 4 is 15.7 Å². The van der Waals surface area contributed by atoms with E-state index in [-0.39, 0.29) is 11.5 Å². The van der Waals surface area contributed by atoms with Crippen molar-refractivity contribution in [2.45, 2.75) is 12.2 Å². The lowest BCUT2D eigenvalue weighted by molar-refractivity contribution is 0.590. The molecule has 0 radical (unpaired) electrons. The number of fused-ring (bicyclic) bond motifs is 1. The van der Waals surface area contributed by atoms with Crippen molar-refractivity contribution in [3.05, 3.63) is 17.6 Å². The van der Waals surface area contributed by atoms with Crippen LogP contribution < -0.4 is 5.73 Å². The second-order valence-corrected chi connectivity index (χ2v) is 5.21. The molecule has 0 fully saturated rings. The van der Waals surface area contributed by atoms with Crippen LogP contribution in [0.15, 0.2) is 6.33 Å². The Hall–Kier alpha value is -1.17. The zero-order valence-corrected chi connectivity index (χ0v) is 7.71. The van der Waals surface area contributed by atoms with Crippen LogP contribution in [0.3, 0.4) is 0 Å². The van der Waals surface area contributed by atoms with Crippen LogP contribution >= 0.6 is 0 Å². The second-order valence-electron chi connectivity index (χ2n) is 3.03. The van der Waals surface area contributed by atoms with Gasteiger partial charge in [0.2, 0.25) is 0 Å². The predicted octanol–water partition coefficient (Wildman–Crippen LogP) is -0.470. The van der Waals surface area contributed by atoms with Gasteiger partial charge in [-0.1, -0.05) is 0 Å². The molecule has 1 aromatic heterocycles. The molecule has 1 aliphatic rings. The number of nitrogens with zero attached hydrogens (tertiary/aromatic N) is 2. The maximum absolute atomic E-state index is 11.2. The summed E-state index contributed by atoms with van der Waals surface area (Å²) in [5, 5.41) is 0. The molecule has 5 nitrogen and oxygen atoms in total. The van der Waals surface area contributed by atoms with E-state index in [1.807, 2.05) is 0 Å². The Balaban J connectivity index is 2.54. The maximum Gasteiger partial charge on any atom is 0.156 e. The summed E-state index contributed by atoms with van der Waals surface area (Å²) < 4.78 is 22.4. The van der Waals surface area contributed by atoms with E-state index in [1.54, 1.807) is 0 Å². The van der Waals surface area contributed by atoms with Crippen molar-refractivity contribution in [3.63, 3.8) is 0 Å². The second kappa shape index (κ2) is 2.66. The van der Waals surface area contributed by atoms with Gasteiger partial charge in [-0.25, -0.2) is 18.4 Å². The van der Waals surface area contributed by atoms with E-state index in [9.17, 15) is 8.42 Å². The molecule has 0 unspecified atom stereocenters. The minimum Gasteiger partial charge on any atom is -0.383 e. The quantitative estimate of drug-likeness (QED) is 0.610. The minimum absolute atomic E-state index is 0.00491. The van der Waals surface area contributed by atoms with Crippen molar-refractivity contribution in [2.75, 3.05) is 11.5 Å². The molecule has 0 saturated carbocycles. The topological polar surface area (TPSA) is 85.9 Å². The first-order valence-corrected chi connectivity index (χ1v) is 5.69. The Morgan fingerprint density at radius 3 is 2.92 bits per heavy atom. The Morgan fingerprint density at radius 2 is 2.15 bits per heavy atom. The number of hydrogen-bond acceptors (Lipinski definition) is 5. The van der Waals surface area contributed by atoms with Gasteiger partial charge in [-0.15, -0.1) is 0 Å². The van der Waals surface area contributed by atoms with Gasteiger partial charge in [-0.2, -0.15) is 0 Å². The van der Waals surface area contributed by atoms with Crippen molar-refractivity contribution < 1.29 is 8.42 Å². The van der Waals surface area contributed by atoms with Gasteiger partial charge in [0.1, 0.15) is 12.1 Å². The molecule has 0 saturated heterocycles. The van der Waals surface area contributed by atoms with Gasteiger partial charge < -0.3 is 5.73 Å². The summed E-state index contributed by atoms with van der Waals surface area (Å²) in [4.78, 5) is 7.72. The normalized spacial score (nSPS) is 19.4. The Bertz CT molecular complexity index is 441. The van der Waals surface area contributed by atoms with Crippen molar-refractivity contribution in [1.82, 2.24) is 9.97 Å². The van der Waals surface area contributed by atoms with Crippen LogP contribution in [0.4, 0.5) is 5.82 Å². The van der Waals surface area contributed by atoms with E-state index in [0.717, 1.165) is 5.56 Å². The van der Waals surface area contributed by atoms with E-state index in [2.05, 4.69) is 9.97 Å². The monoisotopic (exact) mass is 199 g/mol. The maximum atomic E-state index is 11.2. The minimum atomic E-state index is -2.96. The highest BCUT2D eigenvalue weighted by Crippen LogP contribution is 2.21. The van der Waals surface area contributed by atoms with E-state index in [1.165, 1.54) is 6.33 Å². The molecular weight excluding hydrogens is 190 g/mol. The molecule has 1 aliphatic heterocycles. The van der Waals surface area contributed by atoms with Gasteiger partial charge in [-0.05, 0) is 6.42 Å². The highest BCUT2D eigenvalue weighted by molar-refractivity contribution is 7.90. The van der Waals surface area contributed by atoms with E-state index < -0.39 is 9.84 Å². The molecular formula is C7H9N3O2S. The van der Waals surface area contributed by atoms with Crippen LogP contribution in [-0.4, -0.2) is 24.1 Å². The van der Waals surface area contributed by atoms with Crippen molar-refractivity contribution in [3.8, 4) is 0 Å². The fourth-order valence-electron chi connectivity index (χ4n) is 1.40. The number of anilines is 1. The highest BCUT2D eigenvalue weighted by atomic mass is 32.2. The number of sulfone groups is 1. The summed E-state index contributed by atoms with van der Waals surface area (Å²) in [7, 11) is -2.96. The lowest BCUT2D eigenvalue weighted by Crippen LogP contribution is -2.21. The standard InChI is InChI=1S/C7H9N3O2S/c8-7-5-1-2-13(11,12)3-6(5)9-4-10-7/h4H,1-3H2,(H2,8,9,10). The third-order valence-electron chi connectivity index (χ3n) is 2.09. The number of nitrogens with two attached hydrogens (primary N) is 1. The molecule has 0 spiro atoms. The lowest BCUT2D eigenvalue weighted by Gasteiger charge is -2.15. The number of nitrogen functional groups attached to an aromatic ring is 1. The summed E-state index contributed by atoms with van der Waals surface area (Å²) >= 11 is 0. The molecule has 0 amide bonds. The SMILES string of the molecule is Nc1ncnc2c1CCS(=O)(=O)C2. The molecule has 70 valence electrons. The molecule has 2 rings (SSSR count). The molecule has 0 atom stereocenters. The first kappa shape index (κ1) is 8.43. The van der Waals surface area contributed by atoms with Gasteiger partial charge in [-0.3, -0.25) is 0 Å². The largest absolute Gasteiger partial charge is 0.383 e. The van der Waals surface area contributed by atoms with Gasteiger partial charge in [0, 0.05) is 5.56 Å². The zero-order chi connectivity index (χ0) is 9.47. The van der Waals surface area contributed by atoms with Crippen LogP contribution in [-0.2, 0) is 22.0 Å². The Labute approximate surface area is 75.9 Å². The Kier molecular flexibility index (Phi) is 1.73. The van der Waals surface area contributed by atoms with Gasteiger partial charge in [0.15, 0.2) is 9.84 Å². The molecule has 6 heteroatoms. The third kappa shape index (κ3) is 1.49. The smallest absolute Gasteiger partial charge is 0.156 e.